The number of nitrogens with one attached hydrogen (secondary N) is 1. The molecule has 0 aliphatic heterocycles. The van der Waals surface area contributed by atoms with E-state index in [1.165, 1.54) is 50.2 Å². The largest absolute Gasteiger partial charge is 0.481 e. The first-order valence-electron chi connectivity index (χ1n) is 9.20. The summed E-state index contributed by atoms with van der Waals surface area (Å²) in [4.78, 5) is 11.2. The van der Waals surface area contributed by atoms with Crippen LogP contribution in [0, 0.1) is 5.82 Å². The maximum Gasteiger partial charge on any atom is 0.366 e. The lowest BCUT2D eigenvalue weighted by Gasteiger charge is -2.38. The molecule has 31 heavy (non-hydrogen) atoms. The van der Waals surface area contributed by atoms with Crippen LogP contribution >= 0.6 is 19.4 Å². The van der Waals surface area contributed by atoms with Gasteiger partial charge in [0.05, 0.1) is 23.9 Å². The smallest absolute Gasteiger partial charge is 0.366 e. The number of hydrogen-bond donors (Lipinski definition) is 2. The van der Waals surface area contributed by atoms with Crippen molar-refractivity contribution in [2.75, 3.05) is 19.0 Å². The Morgan fingerprint density at radius 2 is 1.65 bits per heavy atom. The molecule has 8 nitrogen and oxygen atoms in total. The highest BCUT2D eigenvalue weighted by molar-refractivity contribution is 8.07. The van der Waals surface area contributed by atoms with E-state index < -0.39 is 39.8 Å². The molecule has 2 rings (SSSR count). The van der Waals surface area contributed by atoms with Gasteiger partial charge in [-0.05, 0) is 43.7 Å². The van der Waals surface area contributed by atoms with E-state index in [0.717, 1.165) is 12.1 Å². The van der Waals surface area contributed by atoms with Gasteiger partial charge in [-0.25, -0.2) is 12.8 Å². The fourth-order valence-corrected chi connectivity index (χ4v) is 8.56. The van der Waals surface area contributed by atoms with E-state index in [1.807, 2.05) is 0 Å². The van der Waals surface area contributed by atoms with Crippen LogP contribution in [0.25, 0.3) is 0 Å². The van der Waals surface area contributed by atoms with Crippen LogP contribution in [-0.2, 0) is 33.0 Å². The van der Waals surface area contributed by atoms with Crippen molar-refractivity contribution in [1.29, 1.82) is 0 Å². The summed E-state index contributed by atoms with van der Waals surface area (Å²) in [5, 5.41) is 9.28. The van der Waals surface area contributed by atoms with Crippen LogP contribution in [0.15, 0.2) is 59.5 Å². The van der Waals surface area contributed by atoms with E-state index in [-0.39, 0.29) is 23.7 Å². The van der Waals surface area contributed by atoms with E-state index in [9.17, 15) is 27.3 Å². The molecule has 170 valence electrons. The molecule has 0 aromatic heterocycles. The van der Waals surface area contributed by atoms with E-state index in [4.69, 9.17) is 9.05 Å². The van der Waals surface area contributed by atoms with Crippen molar-refractivity contribution in [3.05, 3.63) is 66.0 Å². The highest BCUT2D eigenvalue weighted by Gasteiger charge is 2.56. The maximum atomic E-state index is 14.0. The number of thioether (sulfide) groups is 1. The third-order valence-electron chi connectivity index (χ3n) is 3.95. The summed E-state index contributed by atoms with van der Waals surface area (Å²) in [6.07, 6.45) is 0. The number of carboxylic acids is 1. The molecule has 0 fully saturated rings. The molecule has 12 heteroatoms. The van der Waals surface area contributed by atoms with Gasteiger partial charge in [0, 0.05) is 0 Å². The lowest BCUT2D eigenvalue weighted by Crippen LogP contribution is -2.44. The second kappa shape index (κ2) is 10.7. The molecule has 0 saturated carbocycles. The minimum atomic E-state index is -4.38. The van der Waals surface area contributed by atoms with Crippen LogP contribution in [0.1, 0.15) is 19.4 Å². The van der Waals surface area contributed by atoms with Crippen LogP contribution in [0.2, 0.25) is 0 Å². The molecular weight excluding hydrogens is 468 g/mol. The van der Waals surface area contributed by atoms with Gasteiger partial charge in [0.2, 0.25) is 14.6 Å². The minimum absolute atomic E-state index is 0.0184. The first-order valence-corrected chi connectivity index (χ1v) is 13.2. The predicted octanol–water partition coefficient (Wildman–Crippen LogP) is 4.00. The molecule has 2 aromatic carbocycles. The van der Waals surface area contributed by atoms with Gasteiger partial charge in [0.1, 0.15) is 5.82 Å². The summed E-state index contributed by atoms with van der Waals surface area (Å²) in [5.41, 5.74) is 0.0184. The lowest BCUT2D eigenvalue weighted by atomic mass is 10.2. The van der Waals surface area contributed by atoms with Gasteiger partial charge in [-0.2, -0.15) is 4.72 Å². The number of carbonyl (C=O) groups is 1. The second-order valence-electron chi connectivity index (χ2n) is 6.08. The molecule has 0 saturated heterocycles. The Balaban J connectivity index is 2.79. The van der Waals surface area contributed by atoms with Crippen molar-refractivity contribution in [1.82, 2.24) is 4.72 Å². The third-order valence-corrected chi connectivity index (χ3v) is 10.2. The number of hydrogen-bond acceptors (Lipinski definition) is 7. The molecule has 1 atom stereocenters. The molecule has 0 aliphatic rings. The van der Waals surface area contributed by atoms with Crippen LogP contribution in [-0.4, -0.2) is 38.5 Å². The quantitative estimate of drug-likeness (QED) is 0.338. The monoisotopic (exact) mass is 491 g/mol. The number of sulfonamides is 1. The van der Waals surface area contributed by atoms with Gasteiger partial charge in [0.15, 0.2) is 0 Å². The first kappa shape index (κ1) is 25.5. The van der Waals surface area contributed by atoms with Crippen molar-refractivity contribution in [3.8, 4) is 0 Å². The summed E-state index contributed by atoms with van der Waals surface area (Å²) in [7, 11) is -8.72. The summed E-state index contributed by atoms with van der Waals surface area (Å²) in [6.45, 7) is 2.85. The fraction of sp³-hybridized carbons (Fsp3) is 0.316. The van der Waals surface area contributed by atoms with E-state index in [2.05, 4.69) is 4.72 Å². The Morgan fingerprint density at radius 3 is 2.13 bits per heavy atom. The van der Waals surface area contributed by atoms with E-state index in [1.54, 1.807) is 6.07 Å². The van der Waals surface area contributed by atoms with Crippen molar-refractivity contribution in [3.63, 3.8) is 0 Å². The SMILES string of the molecule is CCOP(=O)(OCC)C(NS(=O)(=O)c1ccccc1)(SCC(=O)O)c1ccc(F)cc1. The molecule has 0 heterocycles. The van der Waals surface area contributed by atoms with E-state index >= 15 is 0 Å². The molecular formula is C19H23FNO7PS2. The van der Waals surface area contributed by atoms with Gasteiger partial charge in [-0.3, -0.25) is 9.36 Å². The standard InChI is InChI=1S/C19H23FNO7PS2/c1-3-27-29(24,28-4-2)19(30-14-18(22)23,15-10-12-16(20)13-11-15)21-31(25,26)17-8-6-5-7-9-17/h5-13,21H,3-4,14H2,1-2H3,(H,22,23). The molecule has 2 aromatic rings. The Kier molecular flexibility index (Phi) is 8.82. The van der Waals surface area contributed by atoms with E-state index in [0.29, 0.717) is 11.8 Å². The zero-order chi connectivity index (χ0) is 23.1. The number of rotatable bonds is 12. The zero-order valence-electron chi connectivity index (χ0n) is 16.9. The summed E-state index contributed by atoms with van der Waals surface area (Å²) in [5.74, 6) is -2.54. The van der Waals surface area contributed by atoms with Crippen molar-refractivity contribution < 1.29 is 36.3 Å². The number of halogens is 1. The van der Waals surface area contributed by atoms with Gasteiger partial charge in [-0.1, -0.05) is 30.3 Å². The topological polar surface area (TPSA) is 119 Å². The zero-order valence-corrected chi connectivity index (χ0v) is 19.4. The Hall–Kier alpha value is -1.75. The van der Waals surface area contributed by atoms with Crippen molar-refractivity contribution in [2.24, 2.45) is 0 Å². The summed E-state index contributed by atoms with van der Waals surface area (Å²) < 4.78 is 65.0. The van der Waals surface area contributed by atoms with Gasteiger partial charge >= 0.3 is 13.6 Å². The number of benzene rings is 2. The van der Waals surface area contributed by atoms with Gasteiger partial charge < -0.3 is 14.2 Å². The molecule has 0 aliphatic carbocycles. The fourth-order valence-electron chi connectivity index (χ4n) is 2.71. The molecule has 1 unspecified atom stereocenters. The van der Waals surface area contributed by atoms with Crippen LogP contribution in [0.3, 0.4) is 0 Å². The Morgan fingerprint density at radius 1 is 1.10 bits per heavy atom. The average molecular weight is 491 g/mol. The second-order valence-corrected chi connectivity index (χ2v) is 11.4. The molecule has 0 amide bonds. The van der Waals surface area contributed by atoms with Crippen LogP contribution < -0.4 is 4.72 Å². The number of aliphatic carboxylic acids is 1. The lowest BCUT2D eigenvalue weighted by molar-refractivity contribution is -0.133. The minimum Gasteiger partial charge on any atom is -0.481 e. The van der Waals surface area contributed by atoms with Crippen LogP contribution in [0.4, 0.5) is 4.39 Å². The van der Waals surface area contributed by atoms with Crippen LogP contribution in [0.5, 0.6) is 0 Å². The summed E-state index contributed by atoms with van der Waals surface area (Å²) in [6, 6.07) is 11.8. The molecule has 2 N–H and O–H groups in total. The molecule has 0 spiro atoms. The van der Waals surface area contributed by atoms with Gasteiger partial charge in [-0.15, -0.1) is 11.8 Å². The summed E-state index contributed by atoms with van der Waals surface area (Å²) >= 11 is 0.519. The maximum absolute atomic E-state index is 14.0. The Labute approximate surface area is 184 Å². The highest BCUT2D eigenvalue weighted by Crippen LogP contribution is 2.68. The number of carboxylic acid groups (broad SMARTS) is 1. The normalized spacial score (nSPS) is 14.2. The Bertz CT molecular complexity index is 1020. The van der Waals surface area contributed by atoms with Crippen molar-refractivity contribution in [2.45, 2.75) is 23.4 Å². The molecule has 0 bridgehead atoms. The molecule has 0 radical (unpaired) electrons. The average Bonchev–Trinajstić information content (AvgIpc) is 2.72. The predicted molar refractivity (Wildman–Crippen MR) is 116 cm³/mol. The van der Waals surface area contributed by atoms with Crippen molar-refractivity contribution >= 4 is 35.4 Å². The third kappa shape index (κ3) is 5.94. The van der Waals surface area contributed by atoms with Gasteiger partial charge in [0.25, 0.3) is 0 Å². The highest BCUT2D eigenvalue weighted by atomic mass is 32.2. The first-order chi connectivity index (χ1) is 14.6.